The second-order valence-electron chi connectivity index (χ2n) is 6.20. The zero-order valence-electron chi connectivity index (χ0n) is 13.9. The molecule has 0 aromatic carbocycles. The Bertz CT molecular complexity index is 663. The van der Waals surface area contributed by atoms with E-state index in [1.165, 1.54) is 5.56 Å². The fourth-order valence-electron chi connectivity index (χ4n) is 2.98. The van der Waals surface area contributed by atoms with Gasteiger partial charge in [-0.2, -0.15) is 5.10 Å². The molecule has 3 rings (SSSR count). The van der Waals surface area contributed by atoms with E-state index in [0.29, 0.717) is 5.69 Å². The number of carbonyl (C=O) groups is 1. The fourth-order valence-corrected chi connectivity index (χ4v) is 2.98. The molecule has 0 atom stereocenters. The molecule has 1 amide bonds. The summed E-state index contributed by atoms with van der Waals surface area (Å²) in [6, 6.07) is 1.95. The summed E-state index contributed by atoms with van der Waals surface area (Å²) in [5, 5.41) is 11.2. The third-order valence-electron chi connectivity index (χ3n) is 4.43. The third kappa shape index (κ3) is 3.61. The molecule has 0 unspecified atom stereocenters. The topological polar surface area (TPSA) is 76.2 Å². The molecule has 0 aliphatic carbocycles. The molecule has 3 heterocycles. The van der Waals surface area contributed by atoms with Gasteiger partial charge in [-0.15, -0.1) is 0 Å². The number of likely N-dealkylation sites (tertiary alicyclic amines) is 1. The number of aromatic nitrogens is 3. The molecular weight excluding hydrogens is 294 g/mol. The second kappa shape index (κ2) is 6.54. The van der Waals surface area contributed by atoms with Crippen molar-refractivity contribution in [3.05, 3.63) is 35.0 Å². The zero-order valence-corrected chi connectivity index (χ0v) is 13.9. The molecule has 0 bridgehead atoms. The number of nitrogens with one attached hydrogen (secondary N) is 1. The van der Waals surface area contributed by atoms with Gasteiger partial charge in [0.15, 0.2) is 0 Å². The number of nitrogens with zero attached hydrogens (tertiary/aromatic N) is 4. The molecular formula is C16H23N5O2. The fraction of sp³-hybridized carbons (Fsp3) is 0.562. The van der Waals surface area contributed by atoms with Gasteiger partial charge in [-0.1, -0.05) is 5.16 Å². The highest BCUT2D eigenvalue weighted by Gasteiger charge is 2.23. The average molecular weight is 317 g/mol. The average Bonchev–Trinajstić information content (AvgIpc) is 3.10. The van der Waals surface area contributed by atoms with Gasteiger partial charge in [0.1, 0.15) is 11.5 Å². The number of aryl methyl sites for hydroxylation is 3. The van der Waals surface area contributed by atoms with Crippen LogP contribution in [0.25, 0.3) is 0 Å². The maximum absolute atomic E-state index is 12.1. The van der Waals surface area contributed by atoms with Crippen molar-refractivity contribution in [3.8, 4) is 0 Å². The molecule has 1 aliphatic heterocycles. The summed E-state index contributed by atoms with van der Waals surface area (Å²) in [6.07, 6.45) is 3.67. The standard InChI is InChI=1S/C16H23N5O2/c1-11-14(12(2)23-19-11)10-21-8-4-13(5-9-21)17-16(22)15-6-7-20(3)18-15/h6-7,13H,4-5,8-10H2,1-3H3,(H,17,22). The first kappa shape index (κ1) is 15.7. The van der Waals surface area contributed by atoms with Gasteiger partial charge in [-0.25, -0.2) is 0 Å². The van der Waals surface area contributed by atoms with Crippen LogP contribution in [-0.4, -0.2) is 44.9 Å². The molecule has 0 radical (unpaired) electrons. The molecule has 1 saturated heterocycles. The molecule has 0 spiro atoms. The molecule has 1 fully saturated rings. The van der Waals surface area contributed by atoms with Gasteiger partial charge in [-0.3, -0.25) is 14.4 Å². The van der Waals surface area contributed by atoms with E-state index in [9.17, 15) is 4.79 Å². The van der Waals surface area contributed by atoms with Crippen LogP contribution in [-0.2, 0) is 13.6 Å². The van der Waals surface area contributed by atoms with Crippen molar-refractivity contribution in [2.45, 2.75) is 39.3 Å². The van der Waals surface area contributed by atoms with Gasteiger partial charge in [-0.05, 0) is 32.8 Å². The van der Waals surface area contributed by atoms with E-state index < -0.39 is 0 Å². The second-order valence-corrected chi connectivity index (χ2v) is 6.20. The normalized spacial score (nSPS) is 16.7. The largest absolute Gasteiger partial charge is 0.361 e. The van der Waals surface area contributed by atoms with Crippen LogP contribution in [0.2, 0.25) is 0 Å². The van der Waals surface area contributed by atoms with Crippen LogP contribution in [0.3, 0.4) is 0 Å². The van der Waals surface area contributed by atoms with Crippen molar-refractivity contribution in [1.82, 2.24) is 25.2 Å². The quantitative estimate of drug-likeness (QED) is 0.923. The SMILES string of the molecule is Cc1noc(C)c1CN1CCC(NC(=O)c2ccn(C)n2)CC1. The van der Waals surface area contributed by atoms with E-state index in [2.05, 4.69) is 20.5 Å². The van der Waals surface area contributed by atoms with E-state index in [1.54, 1.807) is 16.9 Å². The maximum Gasteiger partial charge on any atom is 0.271 e. The number of hydrogen-bond acceptors (Lipinski definition) is 5. The number of piperidine rings is 1. The van der Waals surface area contributed by atoms with Crippen LogP contribution in [0.5, 0.6) is 0 Å². The minimum atomic E-state index is -0.0882. The Hall–Kier alpha value is -2.15. The van der Waals surface area contributed by atoms with E-state index in [-0.39, 0.29) is 11.9 Å². The van der Waals surface area contributed by atoms with Crippen molar-refractivity contribution < 1.29 is 9.32 Å². The Kier molecular flexibility index (Phi) is 4.47. The first-order chi connectivity index (χ1) is 11.0. The van der Waals surface area contributed by atoms with Crippen LogP contribution in [0.4, 0.5) is 0 Å². The summed E-state index contributed by atoms with van der Waals surface area (Å²) in [5.41, 5.74) is 2.62. The monoisotopic (exact) mass is 317 g/mol. The van der Waals surface area contributed by atoms with Crippen LogP contribution < -0.4 is 5.32 Å². The van der Waals surface area contributed by atoms with Gasteiger partial charge >= 0.3 is 0 Å². The molecule has 0 saturated carbocycles. The van der Waals surface area contributed by atoms with E-state index >= 15 is 0 Å². The third-order valence-corrected chi connectivity index (χ3v) is 4.43. The molecule has 23 heavy (non-hydrogen) atoms. The highest BCUT2D eigenvalue weighted by atomic mass is 16.5. The summed E-state index contributed by atoms with van der Waals surface area (Å²) in [5.74, 6) is 0.808. The van der Waals surface area contributed by atoms with Crippen LogP contribution >= 0.6 is 0 Å². The van der Waals surface area contributed by atoms with Gasteiger partial charge in [0.2, 0.25) is 0 Å². The molecule has 7 heteroatoms. The lowest BCUT2D eigenvalue weighted by Crippen LogP contribution is -2.44. The summed E-state index contributed by atoms with van der Waals surface area (Å²) in [7, 11) is 1.81. The summed E-state index contributed by atoms with van der Waals surface area (Å²) >= 11 is 0. The summed E-state index contributed by atoms with van der Waals surface area (Å²) < 4.78 is 6.86. The van der Waals surface area contributed by atoms with Gasteiger partial charge < -0.3 is 9.84 Å². The number of amides is 1. The molecule has 124 valence electrons. The lowest BCUT2D eigenvalue weighted by atomic mass is 10.0. The highest BCUT2D eigenvalue weighted by molar-refractivity contribution is 5.92. The molecule has 2 aromatic rings. The van der Waals surface area contributed by atoms with Crippen molar-refractivity contribution in [3.63, 3.8) is 0 Å². The lowest BCUT2D eigenvalue weighted by molar-refractivity contribution is 0.0903. The van der Waals surface area contributed by atoms with Crippen LogP contribution in [0.15, 0.2) is 16.8 Å². The summed E-state index contributed by atoms with van der Waals surface area (Å²) in [6.45, 7) is 6.71. The van der Waals surface area contributed by atoms with Crippen molar-refractivity contribution in [2.75, 3.05) is 13.1 Å². The Morgan fingerprint density at radius 1 is 1.39 bits per heavy atom. The van der Waals surface area contributed by atoms with Crippen LogP contribution in [0, 0.1) is 13.8 Å². The number of carbonyl (C=O) groups excluding carboxylic acids is 1. The Morgan fingerprint density at radius 2 is 2.13 bits per heavy atom. The number of hydrogen-bond donors (Lipinski definition) is 1. The Morgan fingerprint density at radius 3 is 2.70 bits per heavy atom. The van der Waals surface area contributed by atoms with E-state index in [1.807, 2.05) is 20.9 Å². The van der Waals surface area contributed by atoms with Gasteiger partial charge in [0.25, 0.3) is 5.91 Å². The van der Waals surface area contributed by atoms with Crippen LogP contribution in [0.1, 0.15) is 40.3 Å². The van der Waals surface area contributed by atoms with Gasteiger partial charge in [0.05, 0.1) is 5.69 Å². The minimum Gasteiger partial charge on any atom is -0.361 e. The molecule has 7 nitrogen and oxygen atoms in total. The lowest BCUT2D eigenvalue weighted by Gasteiger charge is -2.32. The highest BCUT2D eigenvalue weighted by Crippen LogP contribution is 2.18. The first-order valence-electron chi connectivity index (χ1n) is 7.97. The summed E-state index contributed by atoms with van der Waals surface area (Å²) in [4.78, 5) is 14.5. The predicted molar refractivity (Wildman–Crippen MR) is 85.0 cm³/mol. The smallest absolute Gasteiger partial charge is 0.271 e. The molecule has 2 aromatic heterocycles. The Balaban J connectivity index is 1.50. The molecule has 1 N–H and O–H groups in total. The van der Waals surface area contributed by atoms with Gasteiger partial charge in [0, 0.05) is 44.5 Å². The molecule has 1 aliphatic rings. The maximum atomic E-state index is 12.1. The van der Waals surface area contributed by atoms with E-state index in [0.717, 1.165) is 43.9 Å². The van der Waals surface area contributed by atoms with Crippen molar-refractivity contribution >= 4 is 5.91 Å². The number of rotatable bonds is 4. The minimum absolute atomic E-state index is 0.0882. The van der Waals surface area contributed by atoms with Crippen molar-refractivity contribution in [2.24, 2.45) is 7.05 Å². The predicted octanol–water partition coefficient (Wildman–Crippen LogP) is 1.42. The van der Waals surface area contributed by atoms with Crippen molar-refractivity contribution in [1.29, 1.82) is 0 Å². The zero-order chi connectivity index (χ0) is 16.4. The Labute approximate surface area is 135 Å². The van der Waals surface area contributed by atoms with E-state index in [4.69, 9.17) is 4.52 Å². The first-order valence-corrected chi connectivity index (χ1v) is 7.97.